The summed E-state index contributed by atoms with van der Waals surface area (Å²) in [4.78, 5) is 0. The summed E-state index contributed by atoms with van der Waals surface area (Å²) in [6.07, 6.45) is 6.28. The summed E-state index contributed by atoms with van der Waals surface area (Å²) in [5.41, 5.74) is 3.48. The monoisotopic (exact) mass is 284 g/mol. The fourth-order valence-electron chi connectivity index (χ4n) is 2.30. The molecule has 106 valence electrons. The maximum absolute atomic E-state index is 2.18. The van der Waals surface area contributed by atoms with Crippen LogP contribution in [-0.4, -0.2) is 6.21 Å². The smallest absolute Gasteiger partial charge is 0.161 e. The molecule has 0 aliphatic rings. The lowest BCUT2D eigenvalue weighted by atomic mass is 10.2. The third kappa shape index (κ3) is 3.58. The topological polar surface area (TPSA) is 3.01 Å². The molecule has 3 aromatic carbocycles. The second-order valence-electron chi connectivity index (χ2n) is 4.96. The van der Waals surface area contributed by atoms with E-state index in [0.29, 0.717) is 0 Å². The van der Waals surface area contributed by atoms with Crippen molar-refractivity contribution in [2.24, 2.45) is 0 Å². The van der Waals surface area contributed by atoms with Gasteiger partial charge < -0.3 is 0 Å². The Labute approximate surface area is 131 Å². The molecule has 22 heavy (non-hydrogen) atoms. The highest BCUT2D eigenvalue weighted by Crippen LogP contribution is 2.19. The van der Waals surface area contributed by atoms with Crippen LogP contribution < -0.4 is 4.58 Å². The Bertz CT molecular complexity index is 715. The minimum absolute atomic E-state index is 1.14. The van der Waals surface area contributed by atoms with Crippen LogP contribution in [0.25, 0.3) is 6.08 Å². The lowest BCUT2D eigenvalue weighted by Gasteiger charge is -2.00. The van der Waals surface area contributed by atoms with Gasteiger partial charge in [-0.1, -0.05) is 66.7 Å². The molecular weight excluding hydrogens is 266 g/mol. The molecule has 0 N–H and O–H groups in total. The standard InChI is InChI=1S/C21H18N/c1-4-11-19(12-5-1)13-10-18-22(20-14-6-2-7-15-20)21-16-8-3-9-17-21/h1-18H/q+1/b13-10+. The fraction of sp³-hybridized carbons (Fsp3) is 0. The summed E-state index contributed by atoms with van der Waals surface area (Å²) in [5.74, 6) is 0. The van der Waals surface area contributed by atoms with Crippen LogP contribution in [0.4, 0.5) is 11.4 Å². The summed E-state index contributed by atoms with van der Waals surface area (Å²) < 4.78 is 2.18. The van der Waals surface area contributed by atoms with Crippen LogP contribution >= 0.6 is 0 Å². The molecule has 0 heterocycles. The van der Waals surface area contributed by atoms with Crippen LogP contribution in [0, 0.1) is 0 Å². The Morgan fingerprint density at radius 1 is 0.545 bits per heavy atom. The van der Waals surface area contributed by atoms with Crippen molar-refractivity contribution in [3.63, 3.8) is 0 Å². The lowest BCUT2D eigenvalue weighted by molar-refractivity contribution is 1.10. The van der Waals surface area contributed by atoms with E-state index < -0.39 is 0 Å². The van der Waals surface area contributed by atoms with Gasteiger partial charge in [-0.25, -0.2) is 0 Å². The molecular formula is C21H18N+. The molecule has 0 aromatic heterocycles. The summed E-state index contributed by atoms with van der Waals surface area (Å²) >= 11 is 0. The number of hydrogen-bond acceptors (Lipinski definition) is 0. The number of nitrogens with zero attached hydrogens (tertiary/aromatic N) is 1. The van der Waals surface area contributed by atoms with Gasteiger partial charge in [-0.15, -0.1) is 0 Å². The summed E-state index contributed by atoms with van der Waals surface area (Å²) in [6, 6.07) is 31.1. The molecule has 0 bridgehead atoms. The maximum Gasteiger partial charge on any atom is 0.211 e. The van der Waals surface area contributed by atoms with Crippen molar-refractivity contribution in [3.8, 4) is 0 Å². The number of para-hydroxylation sites is 2. The van der Waals surface area contributed by atoms with Gasteiger partial charge in [0, 0.05) is 30.3 Å². The molecule has 1 nitrogen and oxygen atoms in total. The first-order valence-electron chi connectivity index (χ1n) is 7.39. The van der Waals surface area contributed by atoms with Gasteiger partial charge in [0.1, 0.15) is 0 Å². The van der Waals surface area contributed by atoms with Gasteiger partial charge in [0.25, 0.3) is 0 Å². The highest BCUT2D eigenvalue weighted by Gasteiger charge is 2.10. The largest absolute Gasteiger partial charge is 0.211 e. The van der Waals surface area contributed by atoms with Gasteiger partial charge in [-0.2, -0.15) is 4.58 Å². The Kier molecular flexibility index (Phi) is 4.58. The quantitative estimate of drug-likeness (QED) is 0.451. The Hall–Kier alpha value is -2.93. The highest BCUT2D eigenvalue weighted by atomic mass is 15.0. The van der Waals surface area contributed by atoms with E-state index in [1.165, 1.54) is 5.56 Å². The number of hydrogen-bond donors (Lipinski definition) is 0. The predicted molar refractivity (Wildman–Crippen MR) is 95.9 cm³/mol. The number of rotatable bonds is 4. The van der Waals surface area contributed by atoms with Crippen LogP contribution in [0.3, 0.4) is 0 Å². The third-order valence-corrected chi connectivity index (χ3v) is 3.39. The second kappa shape index (κ2) is 7.19. The van der Waals surface area contributed by atoms with Gasteiger partial charge in [-0.3, -0.25) is 0 Å². The first kappa shape index (κ1) is 14.0. The van der Waals surface area contributed by atoms with Gasteiger partial charge in [0.2, 0.25) is 11.4 Å². The summed E-state index contributed by atoms with van der Waals surface area (Å²) in [5, 5.41) is 0. The third-order valence-electron chi connectivity index (χ3n) is 3.39. The Morgan fingerprint density at radius 2 is 1.00 bits per heavy atom. The fourth-order valence-corrected chi connectivity index (χ4v) is 2.30. The van der Waals surface area contributed by atoms with Gasteiger partial charge >= 0.3 is 0 Å². The van der Waals surface area contributed by atoms with E-state index in [-0.39, 0.29) is 0 Å². The Morgan fingerprint density at radius 3 is 1.50 bits per heavy atom. The average molecular weight is 284 g/mol. The Balaban J connectivity index is 1.96. The molecule has 0 spiro atoms. The second-order valence-corrected chi connectivity index (χ2v) is 4.96. The molecule has 0 amide bonds. The van der Waals surface area contributed by atoms with Crippen LogP contribution in [-0.2, 0) is 0 Å². The molecule has 0 saturated carbocycles. The SMILES string of the molecule is C(/C=C/c1ccccc1)=[N+](c1ccccc1)c1ccccc1. The molecule has 0 saturated heterocycles. The van der Waals surface area contributed by atoms with E-state index in [1.54, 1.807) is 0 Å². The normalized spacial score (nSPS) is 10.5. The van der Waals surface area contributed by atoms with Crippen molar-refractivity contribution in [1.29, 1.82) is 0 Å². The molecule has 0 unspecified atom stereocenters. The molecule has 3 rings (SSSR count). The molecule has 0 aliphatic heterocycles. The minimum Gasteiger partial charge on any atom is -0.161 e. The molecule has 0 fully saturated rings. The van der Waals surface area contributed by atoms with Crippen LogP contribution in [0.15, 0.2) is 97.1 Å². The van der Waals surface area contributed by atoms with E-state index in [4.69, 9.17) is 0 Å². The summed E-state index contributed by atoms with van der Waals surface area (Å²) in [7, 11) is 0. The molecule has 0 aliphatic carbocycles. The molecule has 0 radical (unpaired) electrons. The van der Waals surface area contributed by atoms with Crippen molar-refractivity contribution < 1.29 is 0 Å². The predicted octanol–water partition coefficient (Wildman–Crippen LogP) is 5.31. The van der Waals surface area contributed by atoms with Gasteiger partial charge in [0.15, 0.2) is 6.21 Å². The zero-order valence-electron chi connectivity index (χ0n) is 12.3. The minimum atomic E-state index is 1.14. The van der Waals surface area contributed by atoms with Crippen molar-refractivity contribution >= 4 is 23.7 Å². The first-order valence-corrected chi connectivity index (χ1v) is 7.39. The van der Waals surface area contributed by atoms with E-state index in [0.717, 1.165) is 11.4 Å². The molecule has 0 atom stereocenters. The summed E-state index contributed by atoms with van der Waals surface area (Å²) in [6.45, 7) is 0. The van der Waals surface area contributed by atoms with E-state index >= 15 is 0 Å². The zero-order valence-corrected chi connectivity index (χ0v) is 12.3. The van der Waals surface area contributed by atoms with Crippen molar-refractivity contribution in [2.75, 3.05) is 0 Å². The van der Waals surface area contributed by atoms with Gasteiger partial charge in [-0.05, 0) is 11.6 Å². The first-order chi connectivity index (χ1) is 10.9. The van der Waals surface area contributed by atoms with E-state index in [1.807, 2.05) is 30.3 Å². The van der Waals surface area contributed by atoms with Crippen molar-refractivity contribution in [2.45, 2.75) is 0 Å². The van der Waals surface area contributed by atoms with Crippen molar-refractivity contribution in [1.82, 2.24) is 4.58 Å². The maximum atomic E-state index is 2.18. The average Bonchev–Trinajstić information content (AvgIpc) is 2.61. The van der Waals surface area contributed by atoms with E-state index in [2.05, 4.69) is 83.6 Å². The molecule has 3 aromatic rings. The van der Waals surface area contributed by atoms with Crippen LogP contribution in [0.2, 0.25) is 0 Å². The van der Waals surface area contributed by atoms with E-state index in [9.17, 15) is 0 Å². The van der Waals surface area contributed by atoms with Crippen LogP contribution in [0.5, 0.6) is 0 Å². The van der Waals surface area contributed by atoms with Gasteiger partial charge in [0.05, 0.1) is 0 Å². The zero-order chi connectivity index (χ0) is 15.0. The van der Waals surface area contributed by atoms with Crippen molar-refractivity contribution in [3.05, 3.63) is 103 Å². The number of allylic oxidation sites excluding steroid dienone is 1. The highest BCUT2D eigenvalue weighted by molar-refractivity contribution is 5.83. The lowest BCUT2D eigenvalue weighted by Crippen LogP contribution is -2.03. The van der Waals surface area contributed by atoms with Crippen LogP contribution in [0.1, 0.15) is 5.56 Å². The molecule has 1 heteroatoms. The number of benzene rings is 3.